The number of carbonyl (C=O) groups excluding carboxylic acids is 2. The van der Waals surface area contributed by atoms with Crippen molar-refractivity contribution in [3.8, 4) is 0 Å². The molecule has 0 N–H and O–H groups in total. The van der Waals surface area contributed by atoms with Gasteiger partial charge in [0.1, 0.15) is 0 Å². The van der Waals surface area contributed by atoms with E-state index in [2.05, 4.69) is 4.74 Å². The summed E-state index contributed by atoms with van der Waals surface area (Å²) >= 11 is 0. The van der Waals surface area contributed by atoms with Gasteiger partial charge >= 0.3 is 34.4 Å². The highest BCUT2D eigenvalue weighted by Gasteiger charge is 2.98. The van der Waals surface area contributed by atoms with Gasteiger partial charge in [-0.25, -0.2) is 9.59 Å². The molecule has 1 aliphatic heterocycles. The maximum Gasteiger partial charge on any atom is 0.493 e. The van der Waals surface area contributed by atoms with Gasteiger partial charge in [-0.2, -0.15) is 0 Å². The lowest BCUT2D eigenvalue weighted by molar-refractivity contribution is -0.677. The van der Waals surface area contributed by atoms with Crippen LogP contribution in [0, 0.1) is 40.5 Å². The third-order valence-electron chi connectivity index (χ3n) is 3.67. The quantitative estimate of drug-likeness (QED) is 0.256. The van der Waals surface area contributed by atoms with E-state index in [0.717, 1.165) is 6.92 Å². The zero-order valence-electron chi connectivity index (χ0n) is 11.4. The number of esters is 2. The first-order valence-corrected chi connectivity index (χ1v) is 5.75. The van der Waals surface area contributed by atoms with Crippen LogP contribution < -0.4 is 0 Å². The molecule has 2 unspecified atom stereocenters. The third-order valence-corrected chi connectivity index (χ3v) is 3.67. The summed E-state index contributed by atoms with van der Waals surface area (Å²) in [4.78, 5) is 62.6. The molecule has 2 aliphatic rings. The number of rotatable bonds is 4. The molecule has 0 bridgehead atoms. The first-order chi connectivity index (χ1) is 11.0. The molecule has 1 fully saturated rings. The number of allylic oxidation sites excluding steroid dienone is 2. The van der Waals surface area contributed by atoms with Crippen molar-refractivity contribution in [2.75, 3.05) is 0 Å². The molecule has 0 saturated carbocycles. The monoisotopic (exact) mass is 344 g/mol. The second kappa shape index (κ2) is 4.61. The summed E-state index contributed by atoms with van der Waals surface area (Å²) in [5, 5.41) is 45.3. The van der Waals surface area contributed by atoms with E-state index in [9.17, 15) is 50.0 Å². The standard InChI is InChI=1S/C9H4N4O11/c1-3-2-4(10(16)17)8(12(20)21)6(14)24-7(15)9(8,13(22)23)5(3)11(18)19/h2H,1H3. The van der Waals surface area contributed by atoms with Crippen molar-refractivity contribution in [1.29, 1.82) is 0 Å². The molecule has 1 aliphatic carbocycles. The summed E-state index contributed by atoms with van der Waals surface area (Å²) in [6.45, 7) is 0.798. The Labute approximate surface area is 128 Å². The van der Waals surface area contributed by atoms with E-state index in [1.54, 1.807) is 0 Å². The summed E-state index contributed by atoms with van der Waals surface area (Å²) in [6, 6.07) is 0. The highest BCUT2D eigenvalue weighted by atomic mass is 16.7. The first kappa shape index (κ1) is 16.6. The molecule has 0 spiro atoms. The highest BCUT2D eigenvalue weighted by molar-refractivity contribution is 6.09. The lowest BCUT2D eigenvalue weighted by Crippen LogP contribution is -2.70. The minimum Gasteiger partial charge on any atom is -0.381 e. The Bertz CT molecular complexity index is 825. The van der Waals surface area contributed by atoms with E-state index < -0.39 is 59.7 Å². The van der Waals surface area contributed by atoms with Crippen LogP contribution >= 0.6 is 0 Å². The normalized spacial score (nSPS) is 28.8. The molecular formula is C9H4N4O11. The molecule has 1 heterocycles. The van der Waals surface area contributed by atoms with Crippen LogP contribution in [-0.2, 0) is 14.3 Å². The molecule has 0 aromatic rings. The fraction of sp³-hybridized carbons (Fsp3) is 0.333. The lowest BCUT2D eigenvalue weighted by Gasteiger charge is -2.25. The Balaban J connectivity index is 3.18. The second-order valence-electron chi connectivity index (χ2n) is 4.69. The van der Waals surface area contributed by atoms with E-state index in [-0.39, 0.29) is 6.08 Å². The minimum atomic E-state index is -4.02. The summed E-state index contributed by atoms with van der Waals surface area (Å²) in [6.07, 6.45) is 0.266. The second-order valence-corrected chi connectivity index (χ2v) is 4.69. The number of fused-ring (bicyclic) bond motifs is 1. The van der Waals surface area contributed by atoms with Gasteiger partial charge in [-0.15, -0.1) is 0 Å². The maximum absolute atomic E-state index is 11.9. The Kier molecular flexibility index (Phi) is 3.18. The van der Waals surface area contributed by atoms with Crippen LogP contribution in [0.15, 0.2) is 23.0 Å². The molecule has 2 atom stereocenters. The summed E-state index contributed by atoms with van der Waals surface area (Å²) in [5.41, 5.74) is -12.1. The van der Waals surface area contributed by atoms with Crippen molar-refractivity contribution in [2.24, 2.45) is 0 Å². The van der Waals surface area contributed by atoms with Gasteiger partial charge in [0.2, 0.25) is 0 Å². The van der Waals surface area contributed by atoms with Crippen molar-refractivity contribution in [2.45, 2.75) is 18.0 Å². The molecular weight excluding hydrogens is 340 g/mol. The van der Waals surface area contributed by atoms with E-state index >= 15 is 0 Å². The van der Waals surface area contributed by atoms with E-state index in [1.807, 2.05) is 0 Å². The van der Waals surface area contributed by atoms with Crippen molar-refractivity contribution >= 4 is 11.9 Å². The van der Waals surface area contributed by atoms with Gasteiger partial charge < -0.3 is 4.74 Å². The minimum absolute atomic E-state index is 0.266. The topological polar surface area (TPSA) is 216 Å². The van der Waals surface area contributed by atoms with Crippen LogP contribution in [0.5, 0.6) is 0 Å². The van der Waals surface area contributed by atoms with Gasteiger partial charge in [-0.1, -0.05) is 0 Å². The zero-order chi connectivity index (χ0) is 18.6. The number of ether oxygens (including phenoxy) is 1. The predicted molar refractivity (Wildman–Crippen MR) is 65.3 cm³/mol. The smallest absolute Gasteiger partial charge is 0.381 e. The highest BCUT2D eigenvalue weighted by Crippen LogP contribution is 2.51. The third kappa shape index (κ3) is 1.44. The summed E-state index contributed by atoms with van der Waals surface area (Å²) < 4.78 is 3.90. The van der Waals surface area contributed by atoms with Gasteiger partial charge in [-0.05, 0) is 6.92 Å². The molecule has 0 aromatic heterocycles. The van der Waals surface area contributed by atoms with E-state index in [4.69, 9.17) is 0 Å². The van der Waals surface area contributed by atoms with Crippen LogP contribution in [0.3, 0.4) is 0 Å². The average molecular weight is 344 g/mol. The molecule has 0 amide bonds. The van der Waals surface area contributed by atoms with Crippen molar-refractivity contribution in [1.82, 2.24) is 0 Å². The number of hydrogen-bond donors (Lipinski definition) is 0. The summed E-state index contributed by atoms with van der Waals surface area (Å²) in [7, 11) is 0. The SMILES string of the molecule is CC1=C([N+](=O)[O-])C2([N+](=O)[O-])C(=O)OC(=O)C2([N+](=O)[O-])C([N+](=O)[O-])=C1. The molecule has 2 rings (SSSR count). The number of nitrogens with zero attached hydrogens (tertiary/aromatic N) is 4. The molecule has 15 nitrogen and oxygen atoms in total. The molecule has 0 aromatic carbocycles. The Morgan fingerprint density at radius 3 is 1.71 bits per heavy atom. The lowest BCUT2D eigenvalue weighted by atomic mass is 9.70. The number of hydrogen-bond acceptors (Lipinski definition) is 11. The van der Waals surface area contributed by atoms with Gasteiger partial charge in [-0.3, -0.25) is 40.5 Å². The van der Waals surface area contributed by atoms with E-state index in [1.165, 1.54) is 0 Å². The zero-order valence-corrected chi connectivity index (χ0v) is 11.4. The van der Waals surface area contributed by atoms with Crippen LogP contribution in [0.1, 0.15) is 6.92 Å². The van der Waals surface area contributed by atoms with E-state index in [0.29, 0.717) is 0 Å². The van der Waals surface area contributed by atoms with Crippen molar-refractivity contribution < 1.29 is 34.0 Å². The molecule has 1 saturated heterocycles. The first-order valence-electron chi connectivity index (χ1n) is 5.75. The van der Waals surface area contributed by atoms with Gasteiger partial charge in [0, 0.05) is 11.6 Å². The number of cyclic esters (lactones) is 2. The largest absolute Gasteiger partial charge is 0.493 e. The molecule has 24 heavy (non-hydrogen) atoms. The van der Waals surface area contributed by atoms with Gasteiger partial charge in [0.25, 0.3) is 0 Å². The van der Waals surface area contributed by atoms with Crippen molar-refractivity contribution in [3.63, 3.8) is 0 Å². The van der Waals surface area contributed by atoms with Gasteiger partial charge in [0.05, 0.1) is 19.7 Å². The fourth-order valence-electron chi connectivity index (χ4n) is 2.80. The van der Waals surface area contributed by atoms with Crippen molar-refractivity contribution in [3.05, 3.63) is 63.5 Å². The maximum atomic E-state index is 11.9. The summed E-state index contributed by atoms with van der Waals surface area (Å²) in [5.74, 6) is -4.49. The average Bonchev–Trinajstić information content (AvgIpc) is 2.67. The number of nitro groups is 4. The predicted octanol–water partition coefficient (Wildman–Crippen LogP) is -1.17. The van der Waals surface area contributed by atoms with Gasteiger partial charge in [0.15, 0.2) is 0 Å². The molecule has 126 valence electrons. The Morgan fingerprint density at radius 1 is 0.875 bits per heavy atom. The Morgan fingerprint density at radius 2 is 1.33 bits per heavy atom. The number of carbonyl (C=O) groups is 2. The van der Waals surface area contributed by atoms with Crippen LogP contribution in [-0.4, -0.2) is 42.7 Å². The Hall–Kier alpha value is -3.78. The molecule has 0 radical (unpaired) electrons. The van der Waals surface area contributed by atoms with Crippen LogP contribution in [0.4, 0.5) is 0 Å². The molecule has 15 heteroatoms. The fourth-order valence-corrected chi connectivity index (χ4v) is 2.80. The van der Waals surface area contributed by atoms with Crippen LogP contribution in [0.2, 0.25) is 0 Å². The van der Waals surface area contributed by atoms with Crippen LogP contribution in [0.25, 0.3) is 0 Å².